The normalized spacial score (nSPS) is 11.9. The van der Waals surface area contributed by atoms with Crippen molar-refractivity contribution < 1.29 is 4.74 Å². The highest BCUT2D eigenvalue weighted by molar-refractivity contribution is 6.32. The molecule has 1 aromatic heterocycles. The minimum Gasteiger partial charge on any atom is -0.497 e. The molecule has 19 heavy (non-hydrogen) atoms. The van der Waals surface area contributed by atoms with Crippen LogP contribution in [-0.4, -0.2) is 17.1 Å². The zero-order chi connectivity index (χ0) is 13.8. The molecule has 1 atom stereocenters. The first-order chi connectivity index (χ1) is 9.10. The van der Waals surface area contributed by atoms with E-state index >= 15 is 0 Å². The highest BCUT2D eigenvalue weighted by Gasteiger charge is 2.10. The van der Waals surface area contributed by atoms with Gasteiger partial charge in [-0.3, -0.25) is 0 Å². The number of hydrogen-bond donors (Lipinski definition) is 2. The van der Waals surface area contributed by atoms with Gasteiger partial charge in [-0.05, 0) is 24.6 Å². The lowest BCUT2D eigenvalue weighted by Crippen LogP contribution is -2.09. The number of aromatic nitrogens is 2. The Hall–Kier alpha value is -2.01. The lowest BCUT2D eigenvalue weighted by molar-refractivity contribution is 0.414. The molecular formula is C13H15ClN4O. The molecule has 6 heteroatoms. The zero-order valence-electron chi connectivity index (χ0n) is 10.7. The molecule has 0 radical (unpaired) electrons. The molecule has 0 saturated carbocycles. The smallest absolute Gasteiger partial charge is 0.222 e. The number of nitrogens with two attached hydrogens (primary N) is 1. The van der Waals surface area contributed by atoms with Crippen LogP contribution in [-0.2, 0) is 0 Å². The van der Waals surface area contributed by atoms with Gasteiger partial charge in [-0.2, -0.15) is 4.98 Å². The molecular weight excluding hydrogens is 264 g/mol. The Morgan fingerprint density at radius 1 is 1.32 bits per heavy atom. The number of hydrogen-bond acceptors (Lipinski definition) is 5. The topological polar surface area (TPSA) is 73.1 Å². The van der Waals surface area contributed by atoms with E-state index in [9.17, 15) is 0 Å². The summed E-state index contributed by atoms with van der Waals surface area (Å²) in [6, 6.07) is 7.81. The highest BCUT2D eigenvalue weighted by atomic mass is 35.5. The summed E-state index contributed by atoms with van der Waals surface area (Å²) < 4.78 is 5.12. The van der Waals surface area contributed by atoms with E-state index in [1.54, 1.807) is 7.11 Å². The van der Waals surface area contributed by atoms with Crippen LogP contribution in [0.25, 0.3) is 0 Å². The van der Waals surface area contributed by atoms with E-state index in [1.807, 2.05) is 31.2 Å². The average molecular weight is 279 g/mol. The lowest BCUT2D eigenvalue weighted by Gasteiger charge is -2.16. The fraction of sp³-hybridized carbons (Fsp3) is 0.231. The molecule has 3 N–H and O–H groups in total. The van der Waals surface area contributed by atoms with Gasteiger partial charge in [0.25, 0.3) is 0 Å². The van der Waals surface area contributed by atoms with Crippen molar-refractivity contribution in [3.05, 3.63) is 41.0 Å². The minimum absolute atomic E-state index is 0.0395. The number of methoxy groups -OCH3 is 1. The number of halogens is 1. The zero-order valence-corrected chi connectivity index (χ0v) is 11.5. The molecule has 2 aromatic rings. The van der Waals surface area contributed by atoms with Gasteiger partial charge in [0.1, 0.15) is 10.8 Å². The quantitative estimate of drug-likeness (QED) is 0.900. The van der Waals surface area contributed by atoms with Crippen LogP contribution < -0.4 is 15.8 Å². The molecule has 0 saturated heterocycles. The second kappa shape index (κ2) is 5.75. The number of nitrogen functional groups attached to an aromatic ring is 1. The van der Waals surface area contributed by atoms with Gasteiger partial charge in [-0.1, -0.05) is 23.7 Å². The van der Waals surface area contributed by atoms with Gasteiger partial charge < -0.3 is 15.8 Å². The van der Waals surface area contributed by atoms with E-state index in [-0.39, 0.29) is 12.0 Å². The Balaban J connectivity index is 2.15. The standard InChI is InChI=1S/C13H15ClN4O/c1-8(9-3-5-10(19-2)6-4-9)17-12-11(14)7-16-13(15)18-12/h3-8H,1-2H3,(H3,15,16,17,18). The SMILES string of the molecule is COc1ccc(C(C)Nc2nc(N)ncc2Cl)cc1. The van der Waals surface area contributed by atoms with Gasteiger partial charge in [0, 0.05) is 6.04 Å². The molecule has 1 aromatic carbocycles. The fourth-order valence-corrected chi connectivity index (χ4v) is 1.81. The highest BCUT2D eigenvalue weighted by Crippen LogP contribution is 2.25. The summed E-state index contributed by atoms with van der Waals surface area (Å²) in [6.07, 6.45) is 1.48. The van der Waals surface area contributed by atoms with E-state index in [0.29, 0.717) is 10.8 Å². The molecule has 5 nitrogen and oxygen atoms in total. The summed E-state index contributed by atoms with van der Waals surface area (Å²) in [5, 5.41) is 3.64. The summed E-state index contributed by atoms with van der Waals surface area (Å²) in [5.74, 6) is 1.53. The first-order valence-corrected chi connectivity index (χ1v) is 6.16. The van der Waals surface area contributed by atoms with Crippen molar-refractivity contribution in [2.24, 2.45) is 0 Å². The molecule has 0 bridgehead atoms. The number of nitrogens with one attached hydrogen (secondary N) is 1. The first-order valence-electron chi connectivity index (χ1n) is 5.78. The molecule has 0 aliphatic carbocycles. The van der Waals surface area contributed by atoms with Crippen LogP contribution in [0.5, 0.6) is 5.75 Å². The van der Waals surface area contributed by atoms with E-state index < -0.39 is 0 Å². The van der Waals surface area contributed by atoms with Crippen LogP contribution in [0.15, 0.2) is 30.5 Å². The molecule has 0 spiro atoms. The molecule has 0 aliphatic heterocycles. The summed E-state index contributed by atoms with van der Waals surface area (Å²) >= 11 is 6.01. The number of nitrogens with zero attached hydrogens (tertiary/aromatic N) is 2. The Morgan fingerprint density at radius 3 is 2.63 bits per heavy atom. The predicted molar refractivity (Wildman–Crippen MR) is 76.5 cm³/mol. The predicted octanol–water partition coefficient (Wildman–Crippen LogP) is 2.89. The van der Waals surface area contributed by atoms with Crippen LogP contribution in [0.3, 0.4) is 0 Å². The molecule has 0 aliphatic rings. The van der Waals surface area contributed by atoms with Gasteiger partial charge in [-0.15, -0.1) is 0 Å². The summed E-state index contributed by atoms with van der Waals surface area (Å²) in [6.45, 7) is 2.01. The average Bonchev–Trinajstić information content (AvgIpc) is 2.43. The second-order valence-electron chi connectivity index (χ2n) is 4.06. The summed E-state index contributed by atoms with van der Waals surface area (Å²) in [4.78, 5) is 7.89. The Kier molecular flexibility index (Phi) is 4.06. The van der Waals surface area contributed by atoms with Gasteiger partial charge in [0.2, 0.25) is 5.95 Å². The largest absolute Gasteiger partial charge is 0.497 e. The van der Waals surface area contributed by atoms with Gasteiger partial charge >= 0.3 is 0 Å². The Labute approximate surface area is 116 Å². The van der Waals surface area contributed by atoms with Crippen LogP contribution >= 0.6 is 11.6 Å². The van der Waals surface area contributed by atoms with Crippen LogP contribution in [0.2, 0.25) is 5.02 Å². The maximum atomic E-state index is 6.01. The van der Waals surface area contributed by atoms with E-state index in [1.165, 1.54) is 6.20 Å². The summed E-state index contributed by atoms with van der Waals surface area (Å²) in [7, 11) is 1.64. The van der Waals surface area contributed by atoms with Crippen LogP contribution in [0, 0.1) is 0 Å². The summed E-state index contributed by atoms with van der Waals surface area (Å²) in [5.41, 5.74) is 6.63. The maximum absolute atomic E-state index is 6.01. The number of benzene rings is 1. The molecule has 1 unspecified atom stereocenters. The van der Waals surface area contributed by atoms with Crippen molar-refractivity contribution in [2.45, 2.75) is 13.0 Å². The van der Waals surface area contributed by atoms with Crippen LogP contribution in [0.1, 0.15) is 18.5 Å². The van der Waals surface area contributed by atoms with Crippen molar-refractivity contribution in [1.29, 1.82) is 0 Å². The Morgan fingerprint density at radius 2 is 2.00 bits per heavy atom. The van der Waals surface area contributed by atoms with Crippen molar-refractivity contribution in [3.63, 3.8) is 0 Å². The molecule has 1 heterocycles. The molecule has 2 rings (SSSR count). The molecule has 0 amide bonds. The fourth-order valence-electron chi connectivity index (χ4n) is 1.66. The van der Waals surface area contributed by atoms with Gasteiger partial charge in [0.05, 0.1) is 13.3 Å². The van der Waals surface area contributed by atoms with Gasteiger partial charge in [-0.25, -0.2) is 4.98 Å². The van der Waals surface area contributed by atoms with E-state index in [4.69, 9.17) is 22.1 Å². The molecule has 0 fully saturated rings. The Bertz CT molecular complexity index is 559. The number of ether oxygens (including phenoxy) is 1. The second-order valence-corrected chi connectivity index (χ2v) is 4.47. The van der Waals surface area contributed by atoms with Crippen molar-refractivity contribution in [3.8, 4) is 5.75 Å². The number of rotatable bonds is 4. The monoisotopic (exact) mass is 278 g/mol. The van der Waals surface area contributed by atoms with E-state index in [0.717, 1.165) is 11.3 Å². The maximum Gasteiger partial charge on any atom is 0.222 e. The minimum atomic E-state index is 0.0395. The lowest BCUT2D eigenvalue weighted by atomic mass is 10.1. The third kappa shape index (κ3) is 3.26. The third-order valence-electron chi connectivity index (χ3n) is 2.73. The van der Waals surface area contributed by atoms with E-state index in [2.05, 4.69) is 15.3 Å². The number of anilines is 2. The van der Waals surface area contributed by atoms with Crippen molar-refractivity contribution >= 4 is 23.4 Å². The van der Waals surface area contributed by atoms with Crippen molar-refractivity contribution in [1.82, 2.24) is 9.97 Å². The molecule has 100 valence electrons. The first kappa shape index (κ1) is 13.4. The third-order valence-corrected chi connectivity index (χ3v) is 3.01. The van der Waals surface area contributed by atoms with Crippen molar-refractivity contribution in [2.75, 3.05) is 18.2 Å². The van der Waals surface area contributed by atoms with Crippen LogP contribution in [0.4, 0.5) is 11.8 Å². The van der Waals surface area contributed by atoms with Gasteiger partial charge in [0.15, 0.2) is 5.82 Å².